The lowest BCUT2D eigenvalue weighted by molar-refractivity contribution is 0.102. The number of nitrogens with zero attached hydrogens (tertiary/aromatic N) is 1. The first-order valence-electron chi connectivity index (χ1n) is 7.83. The Morgan fingerprint density at radius 1 is 1.16 bits per heavy atom. The molecule has 0 aliphatic carbocycles. The van der Waals surface area contributed by atoms with E-state index in [2.05, 4.69) is 15.5 Å². The molecule has 1 amide bonds. The molecule has 0 aliphatic heterocycles. The van der Waals surface area contributed by atoms with Crippen LogP contribution in [0.15, 0.2) is 54.6 Å². The molecule has 1 aromatic heterocycles. The SMILES string of the molecule is COCc1cccc(C(=O)Nc2ccc(Oc3cc(C)[nH]n3)cc2)c1. The standard InChI is InChI=1S/C19H19N3O3/c1-13-10-18(22-21-13)25-17-8-6-16(7-9-17)20-19(23)15-5-3-4-14(11-15)12-24-2/h3-11H,12H2,1-2H3,(H,20,23)(H,21,22). The Bertz CT molecular complexity index is 856. The molecule has 3 rings (SSSR count). The van der Waals surface area contributed by atoms with E-state index in [-0.39, 0.29) is 5.91 Å². The Morgan fingerprint density at radius 2 is 1.96 bits per heavy atom. The van der Waals surface area contributed by atoms with Crippen molar-refractivity contribution >= 4 is 11.6 Å². The van der Waals surface area contributed by atoms with E-state index < -0.39 is 0 Å². The molecule has 0 radical (unpaired) electrons. The number of benzene rings is 2. The zero-order valence-electron chi connectivity index (χ0n) is 14.1. The Hall–Kier alpha value is -3.12. The van der Waals surface area contributed by atoms with Gasteiger partial charge in [-0.3, -0.25) is 9.89 Å². The zero-order valence-corrected chi connectivity index (χ0v) is 14.1. The summed E-state index contributed by atoms with van der Waals surface area (Å²) in [6.45, 7) is 2.37. The predicted octanol–water partition coefficient (Wildman–Crippen LogP) is 3.91. The van der Waals surface area contributed by atoms with Crippen LogP contribution in [0.2, 0.25) is 0 Å². The van der Waals surface area contributed by atoms with Gasteiger partial charge in [-0.25, -0.2) is 0 Å². The summed E-state index contributed by atoms with van der Waals surface area (Å²) >= 11 is 0. The van der Waals surface area contributed by atoms with Crippen LogP contribution in [0.1, 0.15) is 21.6 Å². The number of carbonyl (C=O) groups is 1. The number of hydrogen-bond donors (Lipinski definition) is 2. The van der Waals surface area contributed by atoms with Crippen molar-refractivity contribution in [3.8, 4) is 11.6 Å². The van der Waals surface area contributed by atoms with Crippen molar-refractivity contribution in [1.29, 1.82) is 0 Å². The van der Waals surface area contributed by atoms with Crippen molar-refractivity contribution in [2.45, 2.75) is 13.5 Å². The molecule has 6 heteroatoms. The second-order valence-corrected chi connectivity index (χ2v) is 5.60. The topological polar surface area (TPSA) is 76.2 Å². The Balaban J connectivity index is 1.64. The molecule has 0 unspecified atom stereocenters. The minimum absolute atomic E-state index is 0.172. The quantitative estimate of drug-likeness (QED) is 0.715. The van der Waals surface area contributed by atoms with Gasteiger partial charge in [0.2, 0.25) is 5.88 Å². The average molecular weight is 337 g/mol. The molecule has 6 nitrogen and oxygen atoms in total. The molecule has 0 bridgehead atoms. The van der Waals surface area contributed by atoms with Gasteiger partial charge in [0.05, 0.1) is 6.61 Å². The maximum Gasteiger partial charge on any atom is 0.255 e. The Morgan fingerprint density at radius 3 is 2.64 bits per heavy atom. The largest absolute Gasteiger partial charge is 0.438 e. The number of anilines is 1. The first-order valence-corrected chi connectivity index (χ1v) is 7.83. The summed E-state index contributed by atoms with van der Waals surface area (Å²) in [7, 11) is 1.63. The number of rotatable bonds is 6. The van der Waals surface area contributed by atoms with E-state index in [1.807, 2.05) is 31.2 Å². The summed E-state index contributed by atoms with van der Waals surface area (Å²) in [5.74, 6) is 0.977. The summed E-state index contributed by atoms with van der Waals surface area (Å²) < 4.78 is 10.7. The van der Waals surface area contributed by atoms with Gasteiger partial charge >= 0.3 is 0 Å². The van der Waals surface area contributed by atoms with Crippen LogP contribution in [0.5, 0.6) is 11.6 Å². The van der Waals surface area contributed by atoms with Crippen LogP contribution in [0.25, 0.3) is 0 Å². The highest BCUT2D eigenvalue weighted by Crippen LogP contribution is 2.22. The number of amides is 1. The highest BCUT2D eigenvalue weighted by Gasteiger charge is 2.07. The van der Waals surface area contributed by atoms with E-state index in [0.29, 0.717) is 29.5 Å². The first kappa shape index (κ1) is 16.7. The molecule has 0 saturated heterocycles. The van der Waals surface area contributed by atoms with Gasteiger partial charge in [0.25, 0.3) is 5.91 Å². The fourth-order valence-corrected chi connectivity index (χ4v) is 2.34. The molecule has 1 heterocycles. The highest BCUT2D eigenvalue weighted by atomic mass is 16.5. The number of aromatic amines is 1. The van der Waals surface area contributed by atoms with E-state index >= 15 is 0 Å². The number of nitrogens with one attached hydrogen (secondary N) is 2. The summed E-state index contributed by atoms with van der Waals surface area (Å²) in [6, 6.07) is 16.3. The van der Waals surface area contributed by atoms with E-state index in [9.17, 15) is 4.79 Å². The van der Waals surface area contributed by atoms with Gasteiger partial charge in [0.1, 0.15) is 5.75 Å². The summed E-state index contributed by atoms with van der Waals surface area (Å²) in [6.07, 6.45) is 0. The second kappa shape index (κ2) is 7.63. The monoisotopic (exact) mass is 337 g/mol. The van der Waals surface area contributed by atoms with Gasteiger partial charge in [-0.15, -0.1) is 5.10 Å². The fraction of sp³-hybridized carbons (Fsp3) is 0.158. The van der Waals surface area contributed by atoms with E-state index in [1.54, 1.807) is 37.4 Å². The van der Waals surface area contributed by atoms with Crippen LogP contribution in [-0.4, -0.2) is 23.2 Å². The van der Waals surface area contributed by atoms with Crippen molar-refractivity contribution in [1.82, 2.24) is 10.2 Å². The molecule has 0 fully saturated rings. The van der Waals surface area contributed by atoms with Gasteiger partial charge in [-0.2, -0.15) is 0 Å². The van der Waals surface area contributed by atoms with Crippen LogP contribution in [0, 0.1) is 6.92 Å². The van der Waals surface area contributed by atoms with Crippen molar-refractivity contribution in [3.63, 3.8) is 0 Å². The number of aromatic nitrogens is 2. The molecular weight excluding hydrogens is 318 g/mol. The fourth-order valence-electron chi connectivity index (χ4n) is 2.34. The maximum absolute atomic E-state index is 12.4. The van der Waals surface area contributed by atoms with Gasteiger partial charge < -0.3 is 14.8 Å². The molecule has 2 aromatic carbocycles. The smallest absolute Gasteiger partial charge is 0.255 e. The van der Waals surface area contributed by atoms with E-state index in [4.69, 9.17) is 9.47 Å². The van der Waals surface area contributed by atoms with Crippen LogP contribution in [0.4, 0.5) is 5.69 Å². The Labute approximate surface area is 145 Å². The van der Waals surface area contributed by atoms with Gasteiger partial charge in [0.15, 0.2) is 0 Å². The molecule has 0 atom stereocenters. The molecule has 0 saturated carbocycles. The number of aryl methyl sites for hydroxylation is 1. The van der Waals surface area contributed by atoms with Gasteiger partial charge in [0, 0.05) is 30.1 Å². The number of carbonyl (C=O) groups excluding carboxylic acids is 1. The summed E-state index contributed by atoms with van der Waals surface area (Å²) in [4.78, 5) is 12.4. The minimum Gasteiger partial charge on any atom is -0.438 e. The zero-order chi connectivity index (χ0) is 17.6. The lowest BCUT2D eigenvalue weighted by atomic mass is 10.1. The first-order chi connectivity index (χ1) is 12.1. The number of methoxy groups -OCH3 is 1. The minimum atomic E-state index is -0.172. The van der Waals surface area contributed by atoms with Crippen molar-refractivity contribution < 1.29 is 14.3 Å². The third kappa shape index (κ3) is 4.45. The van der Waals surface area contributed by atoms with Crippen molar-refractivity contribution in [2.24, 2.45) is 0 Å². The Kier molecular flexibility index (Phi) is 5.11. The highest BCUT2D eigenvalue weighted by molar-refractivity contribution is 6.04. The van der Waals surface area contributed by atoms with E-state index in [0.717, 1.165) is 11.3 Å². The maximum atomic E-state index is 12.4. The lowest BCUT2D eigenvalue weighted by Gasteiger charge is -2.08. The number of ether oxygens (including phenoxy) is 2. The molecular formula is C19H19N3O3. The van der Waals surface area contributed by atoms with Gasteiger partial charge in [-0.05, 0) is 48.9 Å². The molecule has 3 aromatic rings. The van der Waals surface area contributed by atoms with Crippen LogP contribution < -0.4 is 10.1 Å². The molecule has 0 spiro atoms. The normalized spacial score (nSPS) is 10.5. The van der Waals surface area contributed by atoms with Gasteiger partial charge in [-0.1, -0.05) is 12.1 Å². The molecule has 128 valence electrons. The average Bonchev–Trinajstić information content (AvgIpc) is 3.02. The van der Waals surface area contributed by atoms with E-state index in [1.165, 1.54) is 0 Å². The van der Waals surface area contributed by atoms with Crippen LogP contribution in [-0.2, 0) is 11.3 Å². The predicted molar refractivity (Wildman–Crippen MR) is 94.9 cm³/mol. The lowest BCUT2D eigenvalue weighted by Crippen LogP contribution is -2.12. The van der Waals surface area contributed by atoms with Crippen molar-refractivity contribution in [3.05, 3.63) is 71.4 Å². The molecule has 2 N–H and O–H groups in total. The number of hydrogen-bond acceptors (Lipinski definition) is 4. The van der Waals surface area contributed by atoms with Crippen molar-refractivity contribution in [2.75, 3.05) is 12.4 Å². The van der Waals surface area contributed by atoms with Crippen LogP contribution in [0.3, 0.4) is 0 Å². The summed E-state index contributed by atoms with van der Waals surface area (Å²) in [5.41, 5.74) is 3.15. The second-order valence-electron chi connectivity index (χ2n) is 5.60. The number of H-pyrrole nitrogens is 1. The van der Waals surface area contributed by atoms with Crippen LogP contribution >= 0.6 is 0 Å². The summed E-state index contributed by atoms with van der Waals surface area (Å²) in [5, 5.41) is 9.70. The third-order valence-corrected chi connectivity index (χ3v) is 3.52. The molecule has 0 aliphatic rings. The third-order valence-electron chi connectivity index (χ3n) is 3.52. The molecule has 25 heavy (non-hydrogen) atoms.